The van der Waals surface area contributed by atoms with Crippen molar-refractivity contribution in [2.75, 3.05) is 38.8 Å². The molecule has 1 aromatic carbocycles. The summed E-state index contributed by atoms with van der Waals surface area (Å²) in [5, 5.41) is 2.92. The number of carbonyl (C=O) groups is 1. The van der Waals surface area contributed by atoms with Crippen LogP contribution in [0.25, 0.3) is 0 Å². The van der Waals surface area contributed by atoms with Crippen molar-refractivity contribution in [2.45, 2.75) is 11.3 Å². The Morgan fingerprint density at radius 1 is 1.40 bits per heavy atom. The molecule has 7 nitrogen and oxygen atoms in total. The Morgan fingerprint density at radius 3 is 2.60 bits per heavy atom. The van der Waals surface area contributed by atoms with Gasteiger partial charge in [0.2, 0.25) is 10.0 Å². The van der Waals surface area contributed by atoms with Crippen LogP contribution in [0.15, 0.2) is 23.1 Å². The van der Waals surface area contributed by atoms with E-state index in [0.29, 0.717) is 12.2 Å². The molecule has 1 aromatic rings. The summed E-state index contributed by atoms with van der Waals surface area (Å²) in [6, 6.07) is 4.69. The first kappa shape index (κ1) is 16.3. The number of esters is 1. The summed E-state index contributed by atoms with van der Waals surface area (Å²) in [7, 11) is 0.580. The molecular formula is C12H19N3O4S. The molecule has 0 saturated carbocycles. The summed E-state index contributed by atoms with van der Waals surface area (Å²) in [6.45, 7) is 0.308. The van der Waals surface area contributed by atoms with Crippen molar-refractivity contribution < 1.29 is 17.9 Å². The molecule has 0 unspecified atom stereocenters. The van der Waals surface area contributed by atoms with Crippen LogP contribution >= 0.6 is 0 Å². The number of sulfonamides is 1. The summed E-state index contributed by atoms with van der Waals surface area (Å²) < 4.78 is 29.8. The van der Waals surface area contributed by atoms with E-state index in [0.717, 1.165) is 4.31 Å². The molecule has 0 heterocycles. The van der Waals surface area contributed by atoms with Crippen LogP contribution in [0.4, 0.5) is 11.4 Å². The number of anilines is 2. The molecule has 3 N–H and O–H groups in total. The zero-order valence-electron chi connectivity index (χ0n) is 11.7. The largest absolute Gasteiger partial charge is 0.469 e. The monoisotopic (exact) mass is 301 g/mol. The lowest BCUT2D eigenvalue weighted by molar-refractivity contribution is -0.140. The highest BCUT2D eigenvalue weighted by Crippen LogP contribution is 2.28. The van der Waals surface area contributed by atoms with Gasteiger partial charge >= 0.3 is 5.97 Å². The molecule has 0 saturated heterocycles. The number of nitrogens with zero attached hydrogens (tertiary/aromatic N) is 1. The predicted molar refractivity (Wildman–Crippen MR) is 76.8 cm³/mol. The number of nitrogen functional groups attached to an aromatic ring is 1. The van der Waals surface area contributed by atoms with Gasteiger partial charge in [-0.05, 0) is 12.1 Å². The molecule has 1 rings (SSSR count). The van der Waals surface area contributed by atoms with Gasteiger partial charge in [-0.3, -0.25) is 4.79 Å². The molecule has 0 fully saturated rings. The van der Waals surface area contributed by atoms with E-state index in [1.54, 1.807) is 12.1 Å². The number of hydrogen-bond donors (Lipinski definition) is 2. The lowest BCUT2D eigenvalue weighted by Gasteiger charge is -2.16. The Balaban J connectivity index is 2.94. The van der Waals surface area contributed by atoms with E-state index in [1.165, 1.54) is 27.3 Å². The Bertz CT molecular complexity index is 584. The fraction of sp³-hybridized carbons (Fsp3) is 0.417. The van der Waals surface area contributed by atoms with Crippen molar-refractivity contribution in [3.8, 4) is 0 Å². The minimum atomic E-state index is -3.60. The Labute approximate surface area is 118 Å². The first-order valence-electron chi connectivity index (χ1n) is 5.92. The SMILES string of the molecule is COC(=O)CCNc1cccc(S(=O)(=O)N(C)C)c1N. The number of carbonyl (C=O) groups excluding carboxylic acids is 1. The van der Waals surface area contributed by atoms with Crippen molar-refractivity contribution in [1.82, 2.24) is 4.31 Å². The first-order valence-corrected chi connectivity index (χ1v) is 7.36. The molecule has 0 aliphatic heterocycles. The van der Waals surface area contributed by atoms with Gasteiger partial charge in [0.25, 0.3) is 0 Å². The third-order valence-corrected chi connectivity index (χ3v) is 4.57. The fourth-order valence-corrected chi connectivity index (χ4v) is 2.55. The van der Waals surface area contributed by atoms with Gasteiger partial charge < -0.3 is 15.8 Å². The minimum absolute atomic E-state index is 0.0329. The zero-order valence-corrected chi connectivity index (χ0v) is 12.5. The molecule has 0 radical (unpaired) electrons. The van der Waals surface area contributed by atoms with Gasteiger partial charge in [0.15, 0.2) is 0 Å². The number of ether oxygens (including phenoxy) is 1. The quantitative estimate of drug-likeness (QED) is 0.586. The third kappa shape index (κ3) is 3.61. The van der Waals surface area contributed by atoms with E-state index in [4.69, 9.17) is 5.73 Å². The van der Waals surface area contributed by atoms with Crippen LogP contribution < -0.4 is 11.1 Å². The van der Waals surface area contributed by atoms with Gasteiger partial charge in [0, 0.05) is 20.6 Å². The Morgan fingerprint density at radius 2 is 2.05 bits per heavy atom. The average Bonchev–Trinajstić information content (AvgIpc) is 2.40. The van der Waals surface area contributed by atoms with Gasteiger partial charge in [0.05, 0.1) is 24.9 Å². The van der Waals surface area contributed by atoms with E-state index in [2.05, 4.69) is 10.1 Å². The molecule has 112 valence electrons. The van der Waals surface area contributed by atoms with Crippen LogP contribution in [-0.4, -0.2) is 46.4 Å². The van der Waals surface area contributed by atoms with Crippen LogP contribution in [0.1, 0.15) is 6.42 Å². The summed E-state index contributed by atoms with van der Waals surface area (Å²) >= 11 is 0. The molecule has 0 aliphatic rings. The van der Waals surface area contributed by atoms with Crippen molar-refractivity contribution >= 4 is 27.4 Å². The summed E-state index contributed by atoms with van der Waals surface area (Å²) in [5.74, 6) is -0.354. The maximum Gasteiger partial charge on any atom is 0.307 e. The predicted octanol–water partition coefficient (Wildman–Crippen LogP) is 0.494. The lowest BCUT2D eigenvalue weighted by atomic mass is 10.2. The van der Waals surface area contributed by atoms with Crippen molar-refractivity contribution in [3.05, 3.63) is 18.2 Å². The van der Waals surface area contributed by atoms with Crippen molar-refractivity contribution in [3.63, 3.8) is 0 Å². The Hall–Kier alpha value is -1.80. The van der Waals surface area contributed by atoms with Gasteiger partial charge in [-0.2, -0.15) is 0 Å². The second-order valence-corrected chi connectivity index (χ2v) is 6.38. The van der Waals surface area contributed by atoms with Gasteiger partial charge in [-0.15, -0.1) is 0 Å². The highest BCUT2D eigenvalue weighted by Gasteiger charge is 2.21. The van der Waals surface area contributed by atoms with E-state index < -0.39 is 10.0 Å². The van der Waals surface area contributed by atoms with Gasteiger partial charge in [-0.1, -0.05) is 6.07 Å². The van der Waals surface area contributed by atoms with Crippen LogP contribution in [0, 0.1) is 0 Å². The maximum atomic E-state index is 12.1. The van der Waals surface area contributed by atoms with Crippen molar-refractivity contribution in [2.24, 2.45) is 0 Å². The van der Waals surface area contributed by atoms with Gasteiger partial charge in [-0.25, -0.2) is 12.7 Å². The second kappa shape index (κ2) is 6.58. The topological polar surface area (TPSA) is 102 Å². The first-order chi connectivity index (χ1) is 9.30. The van der Waals surface area contributed by atoms with Crippen LogP contribution in [0.5, 0.6) is 0 Å². The summed E-state index contributed by atoms with van der Waals surface area (Å²) in [4.78, 5) is 11.0. The fourth-order valence-electron chi connectivity index (χ4n) is 1.52. The zero-order chi connectivity index (χ0) is 15.3. The number of methoxy groups -OCH3 is 1. The van der Waals surface area contributed by atoms with Crippen LogP contribution in [0.2, 0.25) is 0 Å². The van der Waals surface area contributed by atoms with Crippen molar-refractivity contribution in [1.29, 1.82) is 0 Å². The number of nitrogens with one attached hydrogen (secondary N) is 1. The number of para-hydroxylation sites is 1. The number of hydrogen-bond acceptors (Lipinski definition) is 6. The Kier molecular flexibility index (Phi) is 5.34. The van der Waals surface area contributed by atoms with Crippen LogP contribution in [-0.2, 0) is 19.6 Å². The number of nitrogens with two attached hydrogens (primary N) is 1. The average molecular weight is 301 g/mol. The van der Waals surface area contributed by atoms with E-state index in [9.17, 15) is 13.2 Å². The normalized spacial score (nSPS) is 11.4. The molecule has 8 heteroatoms. The molecular weight excluding hydrogens is 282 g/mol. The smallest absolute Gasteiger partial charge is 0.307 e. The standard InChI is InChI=1S/C12H19N3O4S/c1-15(2)20(17,18)10-6-4-5-9(12(10)13)14-8-7-11(16)19-3/h4-6,14H,7-8,13H2,1-3H3. The van der Waals surface area contributed by atoms with Crippen LogP contribution in [0.3, 0.4) is 0 Å². The maximum absolute atomic E-state index is 12.1. The van der Waals surface area contributed by atoms with Gasteiger partial charge in [0.1, 0.15) is 4.90 Å². The highest BCUT2D eigenvalue weighted by atomic mass is 32.2. The molecule has 0 aliphatic carbocycles. The molecule has 0 spiro atoms. The number of benzene rings is 1. The van der Waals surface area contributed by atoms with E-state index in [-0.39, 0.29) is 23.0 Å². The second-order valence-electron chi connectivity index (χ2n) is 4.26. The van der Waals surface area contributed by atoms with E-state index >= 15 is 0 Å². The lowest BCUT2D eigenvalue weighted by Crippen LogP contribution is -2.23. The molecule has 0 amide bonds. The molecule has 20 heavy (non-hydrogen) atoms. The molecule has 0 atom stereocenters. The highest BCUT2D eigenvalue weighted by molar-refractivity contribution is 7.89. The number of rotatable bonds is 6. The minimum Gasteiger partial charge on any atom is -0.469 e. The molecule has 0 aromatic heterocycles. The van der Waals surface area contributed by atoms with E-state index in [1.807, 2.05) is 0 Å². The third-order valence-electron chi connectivity index (χ3n) is 2.70. The molecule has 0 bridgehead atoms. The summed E-state index contributed by atoms with van der Waals surface area (Å²) in [6.07, 6.45) is 0.167. The summed E-state index contributed by atoms with van der Waals surface area (Å²) in [5.41, 5.74) is 6.47.